The number of benzene rings is 3. The van der Waals surface area contributed by atoms with Crippen LogP contribution in [0.1, 0.15) is 23.6 Å². The van der Waals surface area contributed by atoms with Crippen LogP contribution in [0.25, 0.3) is 0 Å². The quantitative estimate of drug-likeness (QED) is 0.530. The molecule has 1 aliphatic heterocycles. The molecular weight excluding hydrogens is 336 g/mol. The molecule has 0 radical (unpaired) electrons. The van der Waals surface area contributed by atoms with Crippen molar-refractivity contribution in [1.29, 1.82) is 0 Å². The van der Waals surface area contributed by atoms with Crippen LogP contribution in [0.4, 0.5) is 0 Å². The van der Waals surface area contributed by atoms with Crippen molar-refractivity contribution in [2.45, 2.75) is 12.3 Å². The maximum Gasteiger partial charge on any atom is 0.133 e. The number of rotatable bonds is 1. The average Bonchev–Trinajstić information content (AvgIpc) is 2.55. The van der Waals surface area contributed by atoms with Crippen LogP contribution in [0, 0.1) is 0 Å². The van der Waals surface area contributed by atoms with Crippen LogP contribution in [-0.2, 0) is 5.41 Å². The minimum Gasteiger partial charge on any atom is -0.457 e. The van der Waals surface area contributed by atoms with Gasteiger partial charge in [0.05, 0.1) is 0 Å². The first kappa shape index (κ1) is 13.6. The van der Waals surface area contributed by atoms with Gasteiger partial charge in [-0.2, -0.15) is 0 Å². The maximum atomic E-state index is 6.15. The third-order valence-corrected chi connectivity index (χ3v) is 4.97. The Labute approximate surface area is 138 Å². The number of halogens is 1. The van der Waals surface area contributed by atoms with Crippen molar-refractivity contribution in [1.82, 2.24) is 0 Å². The summed E-state index contributed by atoms with van der Waals surface area (Å²) in [6.45, 7) is 2.27. The van der Waals surface area contributed by atoms with Gasteiger partial charge in [0.15, 0.2) is 0 Å². The standard InChI is InChI=1S/C20H15BrO/c1-20(14-7-3-2-4-8-14)16-9-5-6-10-18(16)22-19-13-15(21)11-12-17(19)20/h2-13H,1H3. The number of ether oxygens (including phenoxy) is 1. The van der Waals surface area contributed by atoms with E-state index >= 15 is 0 Å². The fourth-order valence-electron chi connectivity index (χ4n) is 3.31. The first-order chi connectivity index (χ1) is 10.7. The van der Waals surface area contributed by atoms with Crippen molar-refractivity contribution in [2.24, 2.45) is 0 Å². The molecular formula is C20H15BrO. The number of hydrogen-bond acceptors (Lipinski definition) is 1. The average molecular weight is 351 g/mol. The lowest BCUT2D eigenvalue weighted by atomic mass is 9.69. The summed E-state index contributed by atoms with van der Waals surface area (Å²) < 4.78 is 7.17. The molecule has 1 nitrogen and oxygen atoms in total. The molecule has 0 spiro atoms. The highest BCUT2D eigenvalue weighted by Gasteiger charge is 2.39. The molecule has 0 amide bonds. The smallest absolute Gasteiger partial charge is 0.133 e. The molecule has 1 unspecified atom stereocenters. The molecule has 0 aromatic heterocycles. The van der Waals surface area contributed by atoms with Crippen LogP contribution >= 0.6 is 15.9 Å². The third-order valence-electron chi connectivity index (χ3n) is 4.48. The molecule has 108 valence electrons. The van der Waals surface area contributed by atoms with Crippen LogP contribution < -0.4 is 4.74 Å². The summed E-state index contributed by atoms with van der Waals surface area (Å²) in [5.74, 6) is 1.85. The number of fused-ring (bicyclic) bond motifs is 2. The third kappa shape index (κ3) is 1.91. The van der Waals surface area contributed by atoms with E-state index < -0.39 is 0 Å². The summed E-state index contributed by atoms with van der Waals surface area (Å²) in [6, 6.07) is 25.2. The Hall–Kier alpha value is -2.06. The lowest BCUT2D eigenvalue weighted by molar-refractivity contribution is 0.427. The van der Waals surface area contributed by atoms with Gasteiger partial charge in [0.2, 0.25) is 0 Å². The first-order valence-corrected chi connectivity index (χ1v) is 8.12. The molecule has 22 heavy (non-hydrogen) atoms. The largest absolute Gasteiger partial charge is 0.457 e. The summed E-state index contributed by atoms with van der Waals surface area (Å²) in [5.41, 5.74) is 3.46. The van der Waals surface area contributed by atoms with Crippen molar-refractivity contribution in [3.05, 3.63) is 94.0 Å². The van der Waals surface area contributed by atoms with Crippen molar-refractivity contribution >= 4 is 15.9 Å². The van der Waals surface area contributed by atoms with Crippen molar-refractivity contribution in [3.8, 4) is 11.5 Å². The molecule has 0 bridgehead atoms. The molecule has 1 heterocycles. The Morgan fingerprint density at radius 1 is 0.773 bits per heavy atom. The van der Waals surface area contributed by atoms with Gasteiger partial charge in [-0.25, -0.2) is 0 Å². The van der Waals surface area contributed by atoms with E-state index in [-0.39, 0.29) is 5.41 Å². The predicted octanol–water partition coefficient (Wildman–Crippen LogP) is 5.91. The molecule has 0 saturated carbocycles. The predicted molar refractivity (Wildman–Crippen MR) is 92.7 cm³/mol. The van der Waals surface area contributed by atoms with Gasteiger partial charge < -0.3 is 4.74 Å². The first-order valence-electron chi connectivity index (χ1n) is 7.32. The van der Waals surface area contributed by atoms with Crippen LogP contribution in [0.5, 0.6) is 11.5 Å². The highest BCUT2D eigenvalue weighted by atomic mass is 79.9. The van der Waals surface area contributed by atoms with Gasteiger partial charge in [-0.15, -0.1) is 0 Å². The SMILES string of the molecule is CC1(c2ccccc2)c2ccccc2Oc2cc(Br)ccc21. The van der Waals surface area contributed by atoms with Gasteiger partial charge in [-0.3, -0.25) is 0 Å². The van der Waals surface area contributed by atoms with Crippen LogP contribution in [0.3, 0.4) is 0 Å². The second-order valence-electron chi connectivity index (χ2n) is 5.73. The minimum absolute atomic E-state index is 0.216. The highest BCUT2D eigenvalue weighted by Crippen LogP contribution is 2.51. The fourth-order valence-corrected chi connectivity index (χ4v) is 3.65. The van der Waals surface area contributed by atoms with E-state index in [2.05, 4.69) is 77.5 Å². The fraction of sp³-hybridized carbons (Fsp3) is 0.100. The Morgan fingerprint density at radius 3 is 2.27 bits per heavy atom. The molecule has 0 saturated heterocycles. The molecule has 0 N–H and O–H groups in total. The lowest BCUT2D eigenvalue weighted by Crippen LogP contribution is -2.29. The second kappa shape index (κ2) is 4.99. The summed E-state index contributed by atoms with van der Waals surface area (Å²) in [4.78, 5) is 0. The molecule has 2 heteroatoms. The number of hydrogen-bond donors (Lipinski definition) is 0. The summed E-state index contributed by atoms with van der Waals surface area (Å²) in [7, 11) is 0. The van der Waals surface area contributed by atoms with E-state index in [1.807, 2.05) is 18.2 Å². The Balaban J connectivity index is 2.06. The minimum atomic E-state index is -0.216. The maximum absolute atomic E-state index is 6.15. The van der Waals surface area contributed by atoms with Crippen LogP contribution in [0.15, 0.2) is 77.3 Å². The molecule has 3 aromatic rings. The molecule has 0 fully saturated rings. The van der Waals surface area contributed by atoms with E-state index in [9.17, 15) is 0 Å². The summed E-state index contributed by atoms with van der Waals surface area (Å²) >= 11 is 3.54. The summed E-state index contributed by atoms with van der Waals surface area (Å²) in [5, 5.41) is 0. The van der Waals surface area contributed by atoms with Gasteiger partial charge in [0.25, 0.3) is 0 Å². The van der Waals surface area contributed by atoms with Crippen LogP contribution in [0.2, 0.25) is 0 Å². The van der Waals surface area contributed by atoms with Crippen LogP contribution in [-0.4, -0.2) is 0 Å². The van der Waals surface area contributed by atoms with Crippen molar-refractivity contribution < 1.29 is 4.74 Å². The molecule has 1 atom stereocenters. The van der Waals surface area contributed by atoms with Gasteiger partial charge in [0, 0.05) is 21.0 Å². The Kier molecular flexibility index (Phi) is 3.08. The highest BCUT2D eigenvalue weighted by molar-refractivity contribution is 9.10. The zero-order valence-corrected chi connectivity index (χ0v) is 13.8. The normalized spacial score (nSPS) is 19.0. The van der Waals surface area contributed by atoms with Gasteiger partial charge in [0.1, 0.15) is 11.5 Å². The molecule has 1 aliphatic rings. The zero-order valence-electron chi connectivity index (χ0n) is 12.2. The van der Waals surface area contributed by atoms with E-state index in [0.29, 0.717) is 0 Å². The summed E-state index contributed by atoms with van der Waals surface area (Å²) in [6.07, 6.45) is 0. The van der Waals surface area contributed by atoms with Gasteiger partial charge in [-0.1, -0.05) is 70.5 Å². The molecule has 0 aliphatic carbocycles. The van der Waals surface area contributed by atoms with E-state index in [4.69, 9.17) is 4.74 Å². The van der Waals surface area contributed by atoms with Gasteiger partial charge >= 0.3 is 0 Å². The van der Waals surface area contributed by atoms with Crippen molar-refractivity contribution in [2.75, 3.05) is 0 Å². The number of para-hydroxylation sites is 1. The zero-order chi connectivity index (χ0) is 15.2. The van der Waals surface area contributed by atoms with E-state index in [1.54, 1.807) is 0 Å². The van der Waals surface area contributed by atoms with E-state index in [1.165, 1.54) is 16.7 Å². The van der Waals surface area contributed by atoms with E-state index in [0.717, 1.165) is 16.0 Å². The Bertz CT molecular complexity index is 841. The monoisotopic (exact) mass is 350 g/mol. The molecule has 4 rings (SSSR count). The van der Waals surface area contributed by atoms with Crippen molar-refractivity contribution in [3.63, 3.8) is 0 Å². The molecule has 3 aromatic carbocycles. The van der Waals surface area contributed by atoms with Gasteiger partial charge in [-0.05, 0) is 30.7 Å². The second-order valence-corrected chi connectivity index (χ2v) is 6.65. The Morgan fingerprint density at radius 2 is 1.45 bits per heavy atom. The topological polar surface area (TPSA) is 9.23 Å². The lowest BCUT2D eigenvalue weighted by Gasteiger charge is -2.38.